The summed E-state index contributed by atoms with van der Waals surface area (Å²) in [5.41, 5.74) is 4.36. The first-order valence-electron chi connectivity index (χ1n) is 9.27. The number of rotatable bonds is 3. The van der Waals surface area contributed by atoms with Crippen molar-refractivity contribution in [1.82, 2.24) is 9.55 Å². The minimum absolute atomic E-state index is 0.00316. The SMILES string of the molecule is COc1ccc(N2CCc3c2c2cccnc2n(-c2ccccc2)c3=O)cc1. The molecular formula is C23H19N3O2. The van der Waals surface area contributed by atoms with Gasteiger partial charge in [0.25, 0.3) is 5.56 Å². The first-order valence-corrected chi connectivity index (χ1v) is 9.27. The van der Waals surface area contributed by atoms with E-state index >= 15 is 0 Å². The molecule has 5 nitrogen and oxygen atoms in total. The van der Waals surface area contributed by atoms with Gasteiger partial charge in [-0.25, -0.2) is 4.98 Å². The van der Waals surface area contributed by atoms with Gasteiger partial charge in [-0.15, -0.1) is 0 Å². The predicted octanol–water partition coefficient (Wildman–Crippen LogP) is 4.09. The fraction of sp³-hybridized carbons (Fsp3) is 0.130. The van der Waals surface area contributed by atoms with Crippen molar-refractivity contribution < 1.29 is 4.74 Å². The highest BCUT2D eigenvalue weighted by molar-refractivity contribution is 5.95. The van der Waals surface area contributed by atoms with E-state index in [0.717, 1.165) is 40.3 Å². The lowest BCUT2D eigenvalue weighted by Crippen LogP contribution is -2.23. The van der Waals surface area contributed by atoms with Gasteiger partial charge < -0.3 is 9.64 Å². The van der Waals surface area contributed by atoms with Crippen molar-refractivity contribution >= 4 is 22.4 Å². The largest absolute Gasteiger partial charge is 0.497 e. The molecule has 28 heavy (non-hydrogen) atoms. The molecule has 0 saturated carbocycles. The summed E-state index contributed by atoms with van der Waals surface area (Å²) < 4.78 is 7.00. The van der Waals surface area contributed by atoms with E-state index < -0.39 is 0 Å². The molecule has 0 bridgehead atoms. The lowest BCUT2D eigenvalue weighted by atomic mass is 10.1. The van der Waals surface area contributed by atoms with E-state index in [1.165, 1.54) is 0 Å². The minimum atomic E-state index is 0.00316. The highest BCUT2D eigenvalue weighted by Gasteiger charge is 2.28. The number of fused-ring (bicyclic) bond motifs is 3. The molecule has 1 aliphatic rings. The Morgan fingerprint density at radius 3 is 2.46 bits per heavy atom. The summed E-state index contributed by atoms with van der Waals surface area (Å²) in [7, 11) is 1.66. The molecule has 5 heteroatoms. The van der Waals surface area contributed by atoms with Crippen LogP contribution in [0.25, 0.3) is 16.7 Å². The molecule has 0 atom stereocenters. The lowest BCUT2D eigenvalue weighted by molar-refractivity contribution is 0.415. The molecule has 2 aromatic carbocycles. The van der Waals surface area contributed by atoms with Crippen molar-refractivity contribution in [2.45, 2.75) is 6.42 Å². The minimum Gasteiger partial charge on any atom is -0.497 e. The van der Waals surface area contributed by atoms with Crippen LogP contribution in [0.5, 0.6) is 5.75 Å². The van der Waals surface area contributed by atoms with E-state index in [-0.39, 0.29) is 5.56 Å². The number of pyridine rings is 2. The maximum atomic E-state index is 13.4. The lowest BCUT2D eigenvalue weighted by Gasteiger charge is -2.22. The number of benzene rings is 2. The number of hydrogen-bond donors (Lipinski definition) is 0. The monoisotopic (exact) mass is 369 g/mol. The van der Waals surface area contributed by atoms with Crippen LogP contribution in [0, 0.1) is 0 Å². The van der Waals surface area contributed by atoms with Gasteiger partial charge in [0.2, 0.25) is 0 Å². The summed E-state index contributed by atoms with van der Waals surface area (Å²) >= 11 is 0. The molecule has 5 rings (SSSR count). The van der Waals surface area contributed by atoms with Crippen LogP contribution in [0.4, 0.5) is 11.4 Å². The third kappa shape index (κ3) is 2.47. The molecule has 138 valence electrons. The molecule has 4 aromatic rings. The molecule has 3 heterocycles. The molecular weight excluding hydrogens is 350 g/mol. The Bertz CT molecular complexity index is 1210. The van der Waals surface area contributed by atoms with Gasteiger partial charge in [0, 0.05) is 29.4 Å². The number of aromatic nitrogens is 2. The third-order valence-corrected chi connectivity index (χ3v) is 5.25. The highest BCUT2D eigenvalue weighted by Crippen LogP contribution is 2.38. The van der Waals surface area contributed by atoms with Crippen molar-refractivity contribution in [3.8, 4) is 11.4 Å². The fourth-order valence-electron chi connectivity index (χ4n) is 3.96. The Balaban J connectivity index is 1.77. The molecule has 0 fully saturated rings. The zero-order valence-electron chi connectivity index (χ0n) is 15.5. The Kier molecular flexibility index (Phi) is 3.86. The number of anilines is 2. The van der Waals surface area contributed by atoms with Gasteiger partial charge >= 0.3 is 0 Å². The summed E-state index contributed by atoms with van der Waals surface area (Å²) in [5.74, 6) is 0.814. The van der Waals surface area contributed by atoms with E-state index in [9.17, 15) is 4.79 Å². The predicted molar refractivity (Wildman–Crippen MR) is 111 cm³/mol. The summed E-state index contributed by atoms with van der Waals surface area (Å²) in [6.45, 7) is 0.764. The molecule has 0 saturated heterocycles. The number of hydrogen-bond acceptors (Lipinski definition) is 4. The molecule has 0 amide bonds. The molecule has 0 radical (unpaired) electrons. The Hall–Kier alpha value is -3.60. The second-order valence-corrected chi connectivity index (χ2v) is 6.78. The number of ether oxygens (including phenoxy) is 1. The summed E-state index contributed by atoms with van der Waals surface area (Å²) in [5, 5.41) is 0.981. The quantitative estimate of drug-likeness (QED) is 0.546. The van der Waals surface area contributed by atoms with Gasteiger partial charge in [0.05, 0.1) is 18.5 Å². The van der Waals surface area contributed by atoms with Gasteiger partial charge in [0.1, 0.15) is 11.4 Å². The zero-order valence-corrected chi connectivity index (χ0v) is 15.5. The van der Waals surface area contributed by atoms with E-state index in [1.54, 1.807) is 17.9 Å². The molecule has 2 aromatic heterocycles. The standard InChI is InChI=1S/C23H19N3O2/c1-28-18-11-9-16(10-12-18)25-15-13-20-21(25)19-8-5-14-24-22(19)26(23(20)27)17-6-3-2-4-7-17/h2-12,14H,13,15H2,1H3. The normalized spacial score (nSPS) is 13.0. The smallest absolute Gasteiger partial charge is 0.262 e. The van der Waals surface area contributed by atoms with E-state index in [1.807, 2.05) is 66.7 Å². The number of methoxy groups -OCH3 is 1. The summed E-state index contributed by atoms with van der Waals surface area (Å²) in [6, 6.07) is 21.6. The molecule has 0 N–H and O–H groups in total. The van der Waals surface area contributed by atoms with Crippen LogP contribution in [-0.2, 0) is 6.42 Å². The first-order chi connectivity index (χ1) is 13.8. The molecule has 0 spiro atoms. The van der Waals surface area contributed by atoms with Crippen LogP contribution in [0.3, 0.4) is 0 Å². The Morgan fingerprint density at radius 2 is 1.71 bits per heavy atom. The molecule has 0 aliphatic carbocycles. The second-order valence-electron chi connectivity index (χ2n) is 6.78. The number of para-hydroxylation sites is 1. The zero-order chi connectivity index (χ0) is 19.1. The maximum absolute atomic E-state index is 13.4. The van der Waals surface area contributed by atoms with Crippen LogP contribution >= 0.6 is 0 Å². The summed E-state index contributed by atoms with van der Waals surface area (Å²) in [4.78, 5) is 20.2. The van der Waals surface area contributed by atoms with Crippen LogP contribution in [-0.4, -0.2) is 23.2 Å². The van der Waals surface area contributed by atoms with Gasteiger partial charge in [-0.3, -0.25) is 9.36 Å². The average molecular weight is 369 g/mol. The third-order valence-electron chi connectivity index (χ3n) is 5.25. The molecule has 0 unspecified atom stereocenters. The van der Waals surface area contributed by atoms with Gasteiger partial charge in [0.15, 0.2) is 0 Å². The summed E-state index contributed by atoms with van der Waals surface area (Å²) in [6.07, 6.45) is 2.44. The van der Waals surface area contributed by atoms with Crippen molar-refractivity contribution in [1.29, 1.82) is 0 Å². The van der Waals surface area contributed by atoms with Crippen molar-refractivity contribution in [3.05, 3.63) is 88.8 Å². The number of nitrogens with zero attached hydrogens (tertiary/aromatic N) is 3. The van der Waals surface area contributed by atoms with Gasteiger partial charge in [-0.2, -0.15) is 0 Å². The van der Waals surface area contributed by atoms with Crippen LogP contribution in [0.15, 0.2) is 77.7 Å². The highest BCUT2D eigenvalue weighted by atomic mass is 16.5. The van der Waals surface area contributed by atoms with Crippen LogP contribution in [0.1, 0.15) is 5.56 Å². The molecule has 1 aliphatic heterocycles. The fourth-order valence-corrected chi connectivity index (χ4v) is 3.96. The average Bonchev–Trinajstić information content (AvgIpc) is 3.21. The Morgan fingerprint density at radius 1 is 0.929 bits per heavy atom. The topological polar surface area (TPSA) is 47.4 Å². The van der Waals surface area contributed by atoms with E-state index in [2.05, 4.69) is 9.88 Å². The second kappa shape index (κ2) is 6.53. The van der Waals surface area contributed by atoms with E-state index in [4.69, 9.17) is 4.74 Å². The first kappa shape index (κ1) is 16.6. The van der Waals surface area contributed by atoms with Crippen molar-refractivity contribution in [2.75, 3.05) is 18.6 Å². The van der Waals surface area contributed by atoms with Crippen molar-refractivity contribution in [2.24, 2.45) is 0 Å². The van der Waals surface area contributed by atoms with Crippen LogP contribution in [0.2, 0.25) is 0 Å². The van der Waals surface area contributed by atoms with Gasteiger partial charge in [-0.1, -0.05) is 18.2 Å². The van der Waals surface area contributed by atoms with Gasteiger partial charge in [-0.05, 0) is 55.0 Å². The Labute approximate surface area is 162 Å². The van der Waals surface area contributed by atoms with Crippen molar-refractivity contribution in [3.63, 3.8) is 0 Å². The maximum Gasteiger partial charge on any atom is 0.262 e. The van der Waals surface area contributed by atoms with Crippen LogP contribution < -0.4 is 15.2 Å². The van der Waals surface area contributed by atoms with E-state index in [0.29, 0.717) is 12.1 Å².